The normalized spacial score (nSPS) is 11.3. The molecule has 140 valence electrons. The van der Waals surface area contributed by atoms with E-state index in [0.717, 1.165) is 0 Å². The summed E-state index contributed by atoms with van der Waals surface area (Å²) in [5.74, 6) is -0.827. The Morgan fingerprint density at radius 3 is 2.00 bits per heavy atom. The lowest BCUT2D eigenvalue weighted by atomic mass is 10.0. The average Bonchev–Trinajstić information content (AvgIpc) is 2.73. The van der Waals surface area contributed by atoms with Crippen LogP contribution in [0.5, 0.6) is 0 Å². The first kappa shape index (κ1) is 19.0. The molecule has 0 saturated heterocycles. The molecule has 0 bridgehead atoms. The fourth-order valence-electron chi connectivity index (χ4n) is 2.78. The maximum Gasteiger partial charge on any atom is 0.252 e. The molecule has 0 aliphatic carbocycles. The number of benzene rings is 3. The molecule has 5 nitrogen and oxygen atoms in total. The summed E-state index contributed by atoms with van der Waals surface area (Å²) < 4.78 is 0. The van der Waals surface area contributed by atoms with Gasteiger partial charge in [-0.05, 0) is 36.8 Å². The van der Waals surface area contributed by atoms with Crippen LogP contribution in [0.25, 0.3) is 0 Å². The molecule has 3 aromatic rings. The Hall–Kier alpha value is -3.73. The van der Waals surface area contributed by atoms with Crippen molar-refractivity contribution in [1.82, 2.24) is 5.32 Å². The summed E-state index contributed by atoms with van der Waals surface area (Å²) >= 11 is 0. The average molecular weight is 372 g/mol. The van der Waals surface area contributed by atoms with Gasteiger partial charge in [0.15, 0.2) is 5.78 Å². The highest BCUT2D eigenvalue weighted by atomic mass is 16.2. The Morgan fingerprint density at radius 1 is 0.750 bits per heavy atom. The topological polar surface area (TPSA) is 75.3 Å². The van der Waals surface area contributed by atoms with Crippen molar-refractivity contribution >= 4 is 23.3 Å². The molecular formula is C23H20N2O3. The largest absolute Gasteiger partial charge is 0.336 e. The van der Waals surface area contributed by atoms with E-state index >= 15 is 0 Å². The summed E-state index contributed by atoms with van der Waals surface area (Å²) in [5, 5.41) is 5.58. The van der Waals surface area contributed by atoms with E-state index in [4.69, 9.17) is 0 Å². The molecule has 2 amide bonds. The molecular weight excluding hydrogens is 352 g/mol. The lowest BCUT2D eigenvalue weighted by Gasteiger charge is -2.19. The summed E-state index contributed by atoms with van der Waals surface area (Å²) in [5.41, 5.74) is 2.12. The maximum atomic E-state index is 13.0. The molecule has 0 aromatic heterocycles. The second-order valence-corrected chi connectivity index (χ2v) is 6.31. The van der Waals surface area contributed by atoms with Crippen LogP contribution in [0.1, 0.15) is 39.2 Å². The van der Waals surface area contributed by atoms with E-state index in [1.165, 1.54) is 6.92 Å². The van der Waals surface area contributed by atoms with Gasteiger partial charge < -0.3 is 10.6 Å². The first-order valence-corrected chi connectivity index (χ1v) is 8.87. The van der Waals surface area contributed by atoms with Gasteiger partial charge in [0.05, 0.1) is 0 Å². The second kappa shape index (κ2) is 8.77. The van der Waals surface area contributed by atoms with Crippen LogP contribution < -0.4 is 10.6 Å². The van der Waals surface area contributed by atoms with Crippen LogP contribution in [0, 0.1) is 0 Å². The van der Waals surface area contributed by atoms with Crippen molar-refractivity contribution in [2.75, 3.05) is 5.32 Å². The number of rotatable bonds is 6. The van der Waals surface area contributed by atoms with E-state index in [-0.39, 0.29) is 11.7 Å². The number of Topliss-reactive ketones (excluding diaryl/α,β-unsaturated/α-hetero) is 1. The second-order valence-electron chi connectivity index (χ2n) is 6.31. The Labute approximate surface area is 163 Å². The van der Waals surface area contributed by atoms with Gasteiger partial charge in [-0.2, -0.15) is 0 Å². The Bertz CT molecular complexity index is 985. The van der Waals surface area contributed by atoms with Gasteiger partial charge in [0.25, 0.3) is 11.8 Å². The van der Waals surface area contributed by atoms with Crippen molar-refractivity contribution in [2.24, 2.45) is 0 Å². The molecule has 1 atom stereocenters. The van der Waals surface area contributed by atoms with Crippen molar-refractivity contribution in [3.8, 4) is 0 Å². The van der Waals surface area contributed by atoms with Gasteiger partial charge in [-0.25, -0.2) is 0 Å². The maximum absolute atomic E-state index is 13.0. The number of carbonyl (C=O) groups excluding carboxylic acids is 3. The minimum atomic E-state index is -0.880. The highest BCUT2D eigenvalue weighted by Crippen LogP contribution is 2.18. The van der Waals surface area contributed by atoms with Gasteiger partial charge in [-0.3, -0.25) is 14.4 Å². The molecule has 2 N–H and O–H groups in total. The molecule has 3 aromatic carbocycles. The molecule has 3 rings (SSSR count). The number of carbonyl (C=O) groups is 3. The quantitative estimate of drug-likeness (QED) is 0.642. The highest BCUT2D eigenvalue weighted by Gasteiger charge is 2.23. The van der Waals surface area contributed by atoms with Crippen LogP contribution in [-0.2, 0) is 4.79 Å². The molecule has 0 radical (unpaired) electrons. The van der Waals surface area contributed by atoms with Gasteiger partial charge in [0.1, 0.15) is 6.04 Å². The predicted octanol–water partition coefficient (Wildman–Crippen LogP) is 4.00. The molecule has 0 heterocycles. The van der Waals surface area contributed by atoms with Crippen LogP contribution in [0.4, 0.5) is 5.69 Å². The molecule has 0 aliphatic rings. The van der Waals surface area contributed by atoms with E-state index in [9.17, 15) is 14.4 Å². The smallest absolute Gasteiger partial charge is 0.252 e. The van der Waals surface area contributed by atoms with Gasteiger partial charge in [0.2, 0.25) is 0 Å². The van der Waals surface area contributed by atoms with Gasteiger partial charge in [-0.15, -0.1) is 0 Å². The van der Waals surface area contributed by atoms with Crippen LogP contribution in [-0.4, -0.2) is 17.6 Å². The van der Waals surface area contributed by atoms with Crippen molar-refractivity contribution < 1.29 is 14.4 Å². The lowest BCUT2D eigenvalue weighted by molar-refractivity contribution is -0.118. The molecule has 0 spiro atoms. The van der Waals surface area contributed by atoms with E-state index in [0.29, 0.717) is 22.4 Å². The minimum absolute atomic E-state index is 0.0897. The first-order chi connectivity index (χ1) is 13.5. The Kier molecular flexibility index (Phi) is 5.97. The summed E-state index contributed by atoms with van der Waals surface area (Å²) in [6, 6.07) is 23.5. The molecule has 0 fully saturated rings. The monoisotopic (exact) mass is 372 g/mol. The van der Waals surface area contributed by atoms with E-state index in [2.05, 4.69) is 10.6 Å². The SMILES string of the molecule is CC(=O)c1cccc(NC(=O)C(NC(=O)c2ccccc2)c2ccccc2)c1. The number of ketones is 1. The minimum Gasteiger partial charge on any atom is -0.336 e. The van der Waals surface area contributed by atoms with Gasteiger partial charge in [-0.1, -0.05) is 60.7 Å². The third-order valence-electron chi connectivity index (χ3n) is 4.24. The summed E-state index contributed by atoms with van der Waals surface area (Å²) in [7, 11) is 0. The van der Waals surface area contributed by atoms with Crippen molar-refractivity contribution in [3.05, 3.63) is 102 Å². The number of amides is 2. The van der Waals surface area contributed by atoms with Crippen LogP contribution in [0.15, 0.2) is 84.9 Å². The predicted molar refractivity (Wildman–Crippen MR) is 108 cm³/mol. The third kappa shape index (κ3) is 4.71. The first-order valence-electron chi connectivity index (χ1n) is 8.87. The number of nitrogens with one attached hydrogen (secondary N) is 2. The van der Waals surface area contributed by atoms with Crippen molar-refractivity contribution in [3.63, 3.8) is 0 Å². The van der Waals surface area contributed by atoms with Crippen LogP contribution in [0.3, 0.4) is 0 Å². The zero-order chi connectivity index (χ0) is 19.9. The third-order valence-corrected chi connectivity index (χ3v) is 4.24. The number of anilines is 1. The van der Waals surface area contributed by atoms with Crippen LogP contribution in [0.2, 0.25) is 0 Å². The number of hydrogen-bond donors (Lipinski definition) is 2. The van der Waals surface area contributed by atoms with E-state index in [1.54, 1.807) is 72.8 Å². The highest BCUT2D eigenvalue weighted by molar-refractivity contribution is 6.02. The lowest BCUT2D eigenvalue weighted by Crippen LogP contribution is -2.37. The fraction of sp³-hybridized carbons (Fsp3) is 0.0870. The standard InChI is InChI=1S/C23H20N2O3/c1-16(26)19-13-8-14-20(15-19)24-23(28)21(17-9-4-2-5-10-17)25-22(27)18-11-6-3-7-12-18/h2-15,21H,1H3,(H,24,28)(H,25,27). The molecule has 0 saturated carbocycles. The van der Waals surface area contributed by atoms with Crippen molar-refractivity contribution in [1.29, 1.82) is 0 Å². The fourth-order valence-corrected chi connectivity index (χ4v) is 2.78. The molecule has 0 aliphatic heterocycles. The van der Waals surface area contributed by atoms with E-state index in [1.807, 2.05) is 12.1 Å². The molecule has 5 heteroatoms. The van der Waals surface area contributed by atoms with Crippen molar-refractivity contribution in [2.45, 2.75) is 13.0 Å². The van der Waals surface area contributed by atoms with Gasteiger partial charge >= 0.3 is 0 Å². The summed E-state index contributed by atoms with van der Waals surface area (Å²) in [6.07, 6.45) is 0. The molecule has 1 unspecified atom stereocenters. The number of hydrogen-bond acceptors (Lipinski definition) is 3. The zero-order valence-electron chi connectivity index (χ0n) is 15.4. The molecule has 28 heavy (non-hydrogen) atoms. The summed E-state index contributed by atoms with van der Waals surface area (Å²) in [4.78, 5) is 37.1. The summed E-state index contributed by atoms with van der Waals surface area (Å²) in [6.45, 7) is 1.47. The van der Waals surface area contributed by atoms with E-state index < -0.39 is 11.9 Å². The van der Waals surface area contributed by atoms with Gasteiger partial charge in [0, 0.05) is 16.8 Å². The Morgan fingerprint density at radius 2 is 1.36 bits per heavy atom. The Balaban J connectivity index is 1.84. The zero-order valence-corrected chi connectivity index (χ0v) is 15.4. The van der Waals surface area contributed by atoms with Crippen LogP contribution >= 0.6 is 0 Å².